The Balaban J connectivity index is 1.68. The van der Waals surface area contributed by atoms with Crippen LogP contribution in [0.15, 0.2) is 59.4 Å². The summed E-state index contributed by atoms with van der Waals surface area (Å²) in [4.78, 5) is 37.5. The van der Waals surface area contributed by atoms with Gasteiger partial charge in [-0.25, -0.2) is 9.48 Å². The molecule has 7 heteroatoms. The number of amides is 1. The summed E-state index contributed by atoms with van der Waals surface area (Å²) in [6.07, 6.45) is 0. The minimum absolute atomic E-state index is 0.0253. The number of carbonyl (C=O) groups excluding carboxylic acids is 2. The van der Waals surface area contributed by atoms with Crippen LogP contribution in [0.2, 0.25) is 0 Å². The normalized spacial score (nSPS) is 11.3. The van der Waals surface area contributed by atoms with Crippen molar-refractivity contribution >= 4 is 17.6 Å². The van der Waals surface area contributed by atoms with E-state index in [1.54, 1.807) is 42.9 Å². The molecule has 0 unspecified atom stereocenters. The molecule has 0 fully saturated rings. The van der Waals surface area contributed by atoms with E-state index in [0.29, 0.717) is 16.9 Å². The molecule has 1 N–H and O–H groups in total. The van der Waals surface area contributed by atoms with Gasteiger partial charge in [-0.1, -0.05) is 51.1 Å². The predicted octanol–water partition coefficient (Wildman–Crippen LogP) is 3.58. The van der Waals surface area contributed by atoms with Crippen LogP contribution in [0, 0.1) is 6.92 Å². The van der Waals surface area contributed by atoms with Crippen LogP contribution in [0.1, 0.15) is 42.4 Å². The summed E-state index contributed by atoms with van der Waals surface area (Å²) < 4.78 is 8.25. The summed E-state index contributed by atoms with van der Waals surface area (Å²) >= 11 is 0. The molecule has 0 saturated heterocycles. The molecule has 1 amide bonds. The topological polar surface area (TPSA) is 82.3 Å². The number of para-hydroxylation sites is 1. The number of esters is 1. The molecule has 0 aliphatic heterocycles. The fraction of sp³-hybridized carbons (Fsp3) is 0.292. The maximum Gasteiger partial charge on any atom is 0.338 e. The lowest BCUT2D eigenvalue weighted by Gasteiger charge is -2.18. The Hall–Kier alpha value is -3.61. The molecule has 0 aliphatic carbocycles. The SMILES string of the molecule is Cc1c(NC(=O)COC(=O)c2ccc(C(C)(C)C)cc2)c(=O)n(-c2ccccc2)n1C. The third-order valence-corrected chi connectivity index (χ3v) is 5.14. The molecule has 0 atom stereocenters. The van der Waals surface area contributed by atoms with Gasteiger partial charge in [0.1, 0.15) is 5.69 Å². The number of ether oxygens (including phenoxy) is 1. The van der Waals surface area contributed by atoms with Crippen molar-refractivity contribution in [3.05, 3.63) is 81.8 Å². The van der Waals surface area contributed by atoms with Gasteiger partial charge in [0.25, 0.3) is 11.5 Å². The number of carbonyl (C=O) groups is 2. The molecule has 31 heavy (non-hydrogen) atoms. The Bertz CT molecular complexity index is 1150. The molecule has 2 aromatic carbocycles. The first-order valence-electron chi connectivity index (χ1n) is 10.0. The molecule has 3 rings (SSSR count). The fourth-order valence-corrected chi connectivity index (χ4v) is 3.21. The molecule has 162 valence electrons. The first-order valence-corrected chi connectivity index (χ1v) is 10.0. The van der Waals surface area contributed by atoms with E-state index in [-0.39, 0.29) is 16.7 Å². The van der Waals surface area contributed by atoms with Crippen LogP contribution in [0.4, 0.5) is 5.69 Å². The summed E-state index contributed by atoms with van der Waals surface area (Å²) in [6, 6.07) is 16.2. The average molecular weight is 421 g/mol. The number of hydrogen-bond donors (Lipinski definition) is 1. The zero-order valence-electron chi connectivity index (χ0n) is 18.4. The molecular weight excluding hydrogens is 394 g/mol. The van der Waals surface area contributed by atoms with Crippen LogP contribution in [-0.4, -0.2) is 27.8 Å². The summed E-state index contributed by atoms with van der Waals surface area (Å²) in [5.74, 6) is -1.17. The number of aromatic nitrogens is 2. The van der Waals surface area contributed by atoms with Gasteiger partial charge in [0, 0.05) is 7.05 Å². The molecule has 3 aromatic rings. The Morgan fingerprint density at radius 3 is 2.19 bits per heavy atom. The third-order valence-electron chi connectivity index (χ3n) is 5.14. The highest BCUT2D eigenvalue weighted by atomic mass is 16.5. The molecule has 0 bridgehead atoms. The largest absolute Gasteiger partial charge is 0.452 e. The molecule has 0 saturated carbocycles. The number of benzene rings is 2. The number of nitrogens with one attached hydrogen (secondary N) is 1. The van der Waals surface area contributed by atoms with Crippen LogP contribution in [0.25, 0.3) is 5.69 Å². The Morgan fingerprint density at radius 1 is 1.00 bits per heavy atom. The number of hydrogen-bond acceptors (Lipinski definition) is 4. The Morgan fingerprint density at radius 2 is 1.61 bits per heavy atom. The van der Waals surface area contributed by atoms with Crippen molar-refractivity contribution < 1.29 is 14.3 Å². The van der Waals surface area contributed by atoms with Gasteiger partial charge in [-0.15, -0.1) is 0 Å². The summed E-state index contributed by atoms with van der Waals surface area (Å²) in [5.41, 5.74) is 2.50. The Kier molecular flexibility index (Phi) is 6.15. The minimum Gasteiger partial charge on any atom is -0.452 e. The van der Waals surface area contributed by atoms with Gasteiger partial charge >= 0.3 is 5.97 Å². The Labute approximate surface area is 181 Å². The van der Waals surface area contributed by atoms with Crippen molar-refractivity contribution in [2.75, 3.05) is 11.9 Å². The number of anilines is 1. The van der Waals surface area contributed by atoms with E-state index in [0.717, 1.165) is 5.56 Å². The maximum absolute atomic E-state index is 12.8. The lowest BCUT2D eigenvalue weighted by molar-refractivity contribution is -0.119. The molecule has 1 aromatic heterocycles. The predicted molar refractivity (Wildman–Crippen MR) is 120 cm³/mol. The zero-order valence-corrected chi connectivity index (χ0v) is 18.4. The van der Waals surface area contributed by atoms with Gasteiger partial charge in [0.2, 0.25) is 0 Å². The molecule has 0 spiro atoms. The standard InChI is InChI=1S/C24H27N3O4/c1-16-21(22(29)27(26(16)5)19-9-7-6-8-10-19)25-20(28)15-31-23(30)17-11-13-18(14-12-17)24(2,3)4/h6-14H,15H2,1-5H3,(H,25,28). The van der Waals surface area contributed by atoms with E-state index in [1.165, 1.54) is 4.68 Å². The maximum atomic E-state index is 12.8. The second-order valence-corrected chi connectivity index (χ2v) is 8.39. The fourth-order valence-electron chi connectivity index (χ4n) is 3.21. The van der Waals surface area contributed by atoms with Crippen molar-refractivity contribution in [2.45, 2.75) is 33.1 Å². The summed E-state index contributed by atoms with van der Waals surface area (Å²) in [6.45, 7) is 7.50. The lowest BCUT2D eigenvalue weighted by atomic mass is 9.87. The molecular formula is C24H27N3O4. The van der Waals surface area contributed by atoms with Crippen LogP contribution in [0.5, 0.6) is 0 Å². The van der Waals surface area contributed by atoms with Crippen LogP contribution >= 0.6 is 0 Å². The van der Waals surface area contributed by atoms with Crippen molar-refractivity contribution in [2.24, 2.45) is 7.05 Å². The monoisotopic (exact) mass is 421 g/mol. The van der Waals surface area contributed by atoms with Gasteiger partial charge in [-0.3, -0.25) is 14.3 Å². The van der Waals surface area contributed by atoms with Gasteiger partial charge < -0.3 is 10.1 Å². The number of nitrogens with zero attached hydrogens (tertiary/aromatic N) is 2. The van der Waals surface area contributed by atoms with Crippen LogP contribution in [0.3, 0.4) is 0 Å². The minimum atomic E-state index is -0.595. The highest BCUT2D eigenvalue weighted by molar-refractivity contribution is 5.95. The quantitative estimate of drug-likeness (QED) is 0.639. The van der Waals surface area contributed by atoms with E-state index in [2.05, 4.69) is 26.1 Å². The van der Waals surface area contributed by atoms with Gasteiger partial charge in [0.15, 0.2) is 6.61 Å². The first kappa shape index (κ1) is 22.1. The average Bonchev–Trinajstić information content (AvgIpc) is 2.95. The van der Waals surface area contributed by atoms with E-state index in [1.807, 2.05) is 30.3 Å². The van der Waals surface area contributed by atoms with Gasteiger partial charge in [0.05, 0.1) is 16.9 Å². The highest BCUT2D eigenvalue weighted by Gasteiger charge is 2.19. The summed E-state index contributed by atoms with van der Waals surface area (Å²) in [5, 5.41) is 2.57. The van der Waals surface area contributed by atoms with E-state index in [4.69, 9.17) is 4.74 Å². The third kappa shape index (κ3) is 4.77. The second-order valence-electron chi connectivity index (χ2n) is 8.39. The second kappa shape index (κ2) is 8.63. The van der Waals surface area contributed by atoms with Crippen molar-refractivity contribution in [1.29, 1.82) is 0 Å². The highest BCUT2D eigenvalue weighted by Crippen LogP contribution is 2.22. The van der Waals surface area contributed by atoms with Crippen molar-refractivity contribution in [3.63, 3.8) is 0 Å². The number of rotatable bonds is 5. The molecule has 1 heterocycles. The molecule has 7 nitrogen and oxygen atoms in total. The van der Waals surface area contributed by atoms with E-state index in [9.17, 15) is 14.4 Å². The molecule has 0 aliphatic rings. The van der Waals surface area contributed by atoms with Gasteiger partial charge in [-0.2, -0.15) is 0 Å². The van der Waals surface area contributed by atoms with E-state index >= 15 is 0 Å². The van der Waals surface area contributed by atoms with Crippen molar-refractivity contribution in [1.82, 2.24) is 9.36 Å². The van der Waals surface area contributed by atoms with Crippen LogP contribution in [-0.2, 0) is 22.0 Å². The van der Waals surface area contributed by atoms with E-state index < -0.39 is 18.5 Å². The summed E-state index contributed by atoms with van der Waals surface area (Å²) in [7, 11) is 1.74. The lowest BCUT2D eigenvalue weighted by Crippen LogP contribution is -2.25. The van der Waals surface area contributed by atoms with Crippen molar-refractivity contribution in [3.8, 4) is 5.69 Å². The van der Waals surface area contributed by atoms with Gasteiger partial charge in [-0.05, 0) is 42.2 Å². The smallest absolute Gasteiger partial charge is 0.338 e. The first-order chi connectivity index (χ1) is 14.6. The zero-order chi connectivity index (χ0) is 22.8. The molecule has 0 radical (unpaired) electrons. The van der Waals surface area contributed by atoms with Crippen LogP contribution < -0.4 is 10.9 Å².